The van der Waals surface area contributed by atoms with Crippen molar-refractivity contribution in [3.8, 4) is 0 Å². The molecule has 1 aromatic carbocycles. The Balaban J connectivity index is 2.50. The molecule has 0 aliphatic rings. The van der Waals surface area contributed by atoms with Crippen LogP contribution in [-0.4, -0.2) is 22.0 Å². The van der Waals surface area contributed by atoms with Crippen molar-refractivity contribution < 1.29 is 9.18 Å². The number of carbonyl (C=O) groups excluding carboxylic acids is 1. The molecule has 1 atom stereocenters. The van der Waals surface area contributed by atoms with Crippen molar-refractivity contribution in [3.63, 3.8) is 0 Å². The predicted octanol–water partition coefficient (Wildman–Crippen LogP) is 3.65. The van der Waals surface area contributed by atoms with Crippen molar-refractivity contribution in [1.82, 2.24) is 14.9 Å². The van der Waals surface area contributed by atoms with Crippen LogP contribution < -0.4 is 5.32 Å². The van der Waals surface area contributed by atoms with Crippen LogP contribution >= 0.6 is 23.2 Å². The molecule has 1 unspecified atom stereocenters. The zero-order chi connectivity index (χ0) is 15.6. The molecule has 1 heterocycles. The topological polar surface area (TPSA) is 46.9 Å². The summed E-state index contributed by atoms with van der Waals surface area (Å²) in [6.07, 6.45) is 0.850. The maximum atomic E-state index is 13.5. The van der Waals surface area contributed by atoms with Crippen LogP contribution in [0.3, 0.4) is 0 Å². The van der Waals surface area contributed by atoms with Gasteiger partial charge in [0.1, 0.15) is 17.7 Å². The Hall–Kier alpha value is -1.33. The number of benzene rings is 1. The van der Waals surface area contributed by atoms with Gasteiger partial charge in [0.2, 0.25) is 5.91 Å². The number of alkyl halides is 1. The summed E-state index contributed by atoms with van der Waals surface area (Å²) in [4.78, 5) is 16.4. The van der Waals surface area contributed by atoms with Gasteiger partial charge in [0, 0.05) is 12.6 Å². The number of hydrogen-bond donors (Lipinski definition) is 1. The van der Waals surface area contributed by atoms with E-state index in [-0.39, 0.29) is 16.8 Å². The average Bonchev–Trinajstić information content (AvgIpc) is 2.81. The monoisotopic (exact) mass is 331 g/mol. The SMILES string of the molecule is CCCNC(=O)C(C)n1c(CCl)nc2cc(F)c(Cl)cc21. The highest BCUT2D eigenvalue weighted by molar-refractivity contribution is 6.31. The second kappa shape index (κ2) is 6.62. The van der Waals surface area contributed by atoms with Gasteiger partial charge in [-0.25, -0.2) is 9.37 Å². The maximum Gasteiger partial charge on any atom is 0.242 e. The van der Waals surface area contributed by atoms with Gasteiger partial charge in [-0.2, -0.15) is 0 Å². The van der Waals surface area contributed by atoms with E-state index in [9.17, 15) is 9.18 Å². The fourth-order valence-corrected chi connectivity index (χ4v) is 2.53. The van der Waals surface area contributed by atoms with Gasteiger partial charge < -0.3 is 9.88 Å². The molecule has 0 saturated carbocycles. The quantitative estimate of drug-likeness (QED) is 0.850. The average molecular weight is 332 g/mol. The lowest BCUT2D eigenvalue weighted by molar-refractivity contribution is -0.123. The lowest BCUT2D eigenvalue weighted by Crippen LogP contribution is -2.32. The molecule has 21 heavy (non-hydrogen) atoms. The van der Waals surface area contributed by atoms with Crippen LogP contribution in [0.4, 0.5) is 4.39 Å². The zero-order valence-corrected chi connectivity index (χ0v) is 13.3. The molecule has 1 amide bonds. The van der Waals surface area contributed by atoms with E-state index in [0.717, 1.165) is 6.42 Å². The van der Waals surface area contributed by atoms with Crippen LogP contribution in [0.15, 0.2) is 12.1 Å². The van der Waals surface area contributed by atoms with E-state index in [1.54, 1.807) is 11.5 Å². The Bertz CT molecular complexity index is 672. The van der Waals surface area contributed by atoms with Crippen LogP contribution in [0.5, 0.6) is 0 Å². The first-order valence-corrected chi connectivity index (χ1v) is 7.60. The third-order valence-corrected chi connectivity index (χ3v) is 3.77. The molecule has 2 aromatic rings. The number of rotatable bonds is 5. The maximum absolute atomic E-state index is 13.5. The number of nitrogens with zero attached hydrogens (tertiary/aromatic N) is 2. The molecule has 2 rings (SSSR count). The molecule has 4 nitrogen and oxygen atoms in total. The zero-order valence-electron chi connectivity index (χ0n) is 11.8. The summed E-state index contributed by atoms with van der Waals surface area (Å²) in [6.45, 7) is 4.32. The standard InChI is InChI=1S/C14H16Cl2FN3O/c1-3-4-18-14(21)8(2)20-12-5-9(16)10(17)6-11(12)19-13(20)7-15/h5-6,8H,3-4,7H2,1-2H3,(H,18,21). The normalized spacial score (nSPS) is 12.6. The molecule has 1 N–H and O–H groups in total. The number of carbonyl (C=O) groups is 1. The predicted molar refractivity (Wildman–Crippen MR) is 82.3 cm³/mol. The molecule has 114 valence electrons. The lowest BCUT2D eigenvalue weighted by Gasteiger charge is -2.16. The van der Waals surface area contributed by atoms with Gasteiger partial charge in [-0.3, -0.25) is 4.79 Å². The molecule has 0 aliphatic heterocycles. The van der Waals surface area contributed by atoms with Crippen LogP contribution in [0, 0.1) is 5.82 Å². The molecule has 0 bridgehead atoms. The van der Waals surface area contributed by atoms with E-state index in [4.69, 9.17) is 23.2 Å². The fraction of sp³-hybridized carbons (Fsp3) is 0.429. The van der Waals surface area contributed by atoms with Crippen LogP contribution in [0.2, 0.25) is 5.02 Å². The highest BCUT2D eigenvalue weighted by atomic mass is 35.5. The molecular weight excluding hydrogens is 316 g/mol. The minimum absolute atomic E-state index is 0.00839. The number of aromatic nitrogens is 2. The van der Waals surface area contributed by atoms with Gasteiger partial charge in [0.05, 0.1) is 21.9 Å². The lowest BCUT2D eigenvalue weighted by atomic mass is 10.2. The van der Waals surface area contributed by atoms with Gasteiger partial charge in [0.25, 0.3) is 0 Å². The first-order chi connectivity index (χ1) is 9.99. The second-order valence-electron chi connectivity index (χ2n) is 4.75. The van der Waals surface area contributed by atoms with Gasteiger partial charge >= 0.3 is 0 Å². The molecular formula is C14H16Cl2FN3O. The number of imidazole rings is 1. The third-order valence-electron chi connectivity index (χ3n) is 3.24. The second-order valence-corrected chi connectivity index (χ2v) is 5.43. The smallest absolute Gasteiger partial charge is 0.242 e. The molecule has 0 saturated heterocycles. The third kappa shape index (κ3) is 3.14. The number of halogens is 3. The first-order valence-electron chi connectivity index (χ1n) is 6.69. The Morgan fingerprint density at radius 2 is 2.24 bits per heavy atom. The summed E-state index contributed by atoms with van der Waals surface area (Å²) >= 11 is 11.7. The molecule has 0 radical (unpaired) electrons. The van der Waals surface area contributed by atoms with Crippen LogP contribution in [0.25, 0.3) is 11.0 Å². The van der Waals surface area contributed by atoms with Crippen LogP contribution in [-0.2, 0) is 10.7 Å². The van der Waals surface area contributed by atoms with Crippen molar-refractivity contribution in [2.45, 2.75) is 32.2 Å². The minimum atomic E-state index is -0.543. The van der Waals surface area contributed by atoms with Gasteiger partial charge in [-0.15, -0.1) is 11.6 Å². The number of hydrogen-bond acceptors (Lipinski definition) is 2. The summed E-state index contributed by atoms with van der Waals surface area (Å²) in [5.74, 6) is -0.0484. The largest absolute Gasteiger partial charge is 0.354 e. The van der Waals surface area contributed by atoms with E-state index < -0.39 is 11.9 Å². The molecule has 0 spiro atoms. The Morgan fingerprint density at radius 3 is 2.86 bits per heavy atom. The molecule has 0 fully saturated rings. The van der Waals surface area contributed by atoms with E-state index in [2.05, 4.69) is 10.3 Å². The van der Waals surface area contributed by atoms with Crippen LogP contribution in [0.1, 0.15) is 32.1 Å². The molecule has 7 heteroatoms. The van der Waals surface area contributed by atoms with Crippen molar-refractivity contribution in [2.24, 2.45) is 0 Å². The number of nitrogens with one attached hydrogen (secondary N) is 1. The van der Waals surface area contributed by atoms with E-state index in [1.807, 2.05) is 6.92 Å². The summed E-state index contributed by atoms with van der Waals surface area (Å²) in [5, 5.41) is 2.82. The Labute approximate surface area is 132 Å². The highest BCUT2D eigenvalue weighted by Crippen LogP contribution is 2.27. The van der Waals surface area contributed by atoms with E-state index in [0.29, 0.717) is 23.4 Å². The van der Waals surface area contributed by atoms with E-state index >= 15 is 0 Å². The Kier molecular flexibility index (Phi) is 5.06. The fourth-order valence-electron chi connectivity index (χ4n) is 2.18. The Morgan fingerprint density at radius 1 is 1.52 bits per heavy atom. The summed E-state index contributed by atoms with van der Waals surface area (Å²) in [7, 11) is 0. The number of fused-ring (bicyclic) bond motifs is 1. The van der Waals surface area contributed by atoms with E-state index in [1.165, 1.54) is 12.1 Å². The first kappa shape index (κ1) is 16.0. The molecule has 1 aromatic heterocycles. The van der Waals surface area contributed by atoms with Gasteiger partial charge in [0.15, 0.2) is 0 Å². The highest BCUT2D eigenvalue weighted by Gasteiger charge is 2.21. The number of amides is 1. The summed E-state index contributed by atoms with van der Waals surface area (Å²) in [6, 6.07) is 2.22. The summed E-state index contributed by atoms with van der Waals surface area (Å²) < 4.78 is 15.2. The van der Waals surface area contributed by atoms with Crippen molar-refractivity contribution >= 4 is 40.1 Å². The van der Waals surface area contributed by atoms with Gasteiger partial charge in [-0.1, -0.05) is 18.5 Å². The molecule has 0 aliphatic carbocycles. The van der Waals surface area contributed by atoms with Gasteiger partial charge in [-0.05, 0) is 19.4 Å². The van der Waals surface area contributed by atoms with Crippen molar-refractivity contribution in [1.29, 1.82) is 0 Å². The minimum Gasteiger partial charge on any atom is -0.354 e. The summed E-state index contributed by atoms with van der Waals surface area (Å²) in [5.41, 5.74) is 1.03. The van der Waals surface area contributed by atoms with Crippen molar-refractivity contribution in [2.75, 3.05) is 6.54 Å². The van der Waals surface area contributed by atoms with Crippen molar-refractivity contribution in [3.05, 3.63) is 28.8 Å².